The maximum atomic E-state index is 12.3. The topological polar surface area (TPSA) is 60.9 Å². The highest BCUT2D eigenvalue weighted by Gasteiger charge is 2.11. The number of rotatable bonds is 6. The van der Waals surface area contributed by atoms with E-state index >= 15 is 0 Å². The van der Waals surface area contributed by atoms with Gasteiger partial charge in [0.1, 0.15) is 0 Å². The molecular weight excluding hydrogens is 270 g/mol. The van der Waals surface area contributed by atoms with Crippen LogP contribution in [0.5, 0.6) is 0 Å². The molecule has 0 amide bonds. The fourth-order valence-corrected chi connectivity index (χ4v) is 3.19. The molecule has 0 aliphatic carbocycles. The quantitative estimate of drug-likeness (QED) is 0.832. The van der Waals surface area contributed by atoms with Gasteiger partial charge in [-0.1, -0.05) is 13.8 Å². The van der Waals surface area contributed by atoms with Crippen LogP contribution in [0.3, 0.4) is 0 Å². The minimum Gasteiger partial charge on any atom is -0.399 e. The van der Waals surface area contributed by atoms with Crippen molar-refractivity contribution in [1.82, 2.24) is 9.78 Å². The molecule has 20 heavy (non-hydrogen) atoms. The zero-order chi connectivity index (χ0) is 14.5. The SMILES string of the molecule is CCC(CC)n1ccc(CS(=O)c2ccc(N)cc2)n1. The van der Waals surface area contributed by atoms with Gasteiger partial charge in [0.15, 0.2) is 0 Å². The summed E-state index contributed by atoms with van der Waals surface area (Å²) in [6, 6.07) is 9.54. The van der Waals surface area contributed by atoms with Crippen molar-refractivity contribution < 1.29 is 4.21 Å². The number of aromatic nitrogens is 2. The average molecular weight is 291 g/mol. The van der Waals surface area contributed by atoms with E-state index in [9.17, 15) is 4.21 Å². The second-order valence-electron chi connectivity index (χ2n) is 4.82. The summed E-state index contributed by atoms with van der Waals surface area (Å²) >= 11 is 0. The predicted molar refractivity (Wildman–Crippen MR) is 82.8 cm³/mol. The van der Waals surface area contributed by atoms with Crippen LogP contribution in [-0.4, -0.2) is 14.0 Å². The minimum absolute atomic E-state index is 0.425. The number of anilines is 1. The molecule has 1 aromatic carbocycles. The molecule has 1 atom stereocenters. The largest absolute Gasteiger partial charge is 0.399 e. The first-order chi connectivity index (χ1) is 9.63. The summed E-state index contributed by atoms with van der Waals surface area (Å²) in [6.45, 7) is 4.31. The van der Waals surface area contributed by atoms with Gasteiger partial charge in [0.2, 0.25) is 0 Å². The highest BCUT2D eigenvalue weighted by molar-refractivity contribution is 7.84. The molecule has 1 heterocycles. The first-order valence-electron chi connectivity index (χ1n) is 6.92. The van der Waals surface area contributed by atoms with Crippen molar-refractivity contribution in [2.45, 2.75) is 43.4 Å². The zero-order valence-corrected chi connectivity index (χ0v) is 12.8. The molecule has 1 unspecified atom stereocenters. The van der Waals surface area contributed by atoms with Crippen LogP contribution in [0.4, 0.5) is 5.69 Å². The van der Waals surface area contributed by atoms with Crippen molar-refractivity contribution in [2.24, 2.45) is 0 Å². The van der Waals surface area contributed by atoms with Crippen LogP contribution in [-0.2, 0) is 16.6 Å². The number of nitrogen functional groups attached to an aromatic ring is 1. The summed E-state index contributed by atoms with van der Waals surface area (Å²) < 4.78 is 14.2. The van der Waals surface area contributed by atoms with Crippen LogP contribution in [0.1, 0.15) is 38.4 Å². The molecule has 2 rings (SSSR count). The van der Waals surface area contributed by atoms with Gasteiger partial charge in [-0.2, -0.15) is 5.10 Å². The third kappa shape index (κ3) is 3.48. The zero-order valence-electron chi connectivity index (χ0n) is 12.0. The van der Waals surface area contributed by atoms with Gasteiger partial charge in [-0.3, -0.25) is 8.89 Å². The van der Waals surface area contributed by atoms with Gasteiger partial charge in [0, 0.05) is 16.8 Å². The van der Waals surface area contributed by atoms with Crippen molar-refractivity contribution in [1.29, 1.82) is 0 Å². The second-order valence-corrected chi connectivity index (χ2v) is 6.27. The monoisotopic (exact) mass is 291 g/mol. The van der Waals surface area contributed by atoms with E-state index in [-0.39, 0.29) is 0 Å². The normalized spacial score (nSPS) is 12.8. The third-order valence-electron chi connectivity index (χ3n) is 3.40. The number of nitrogens with zero attached hydrogens (tertiary/aromatic N) is 2. The molecule has 108 valence electrons. The Morgan fingerprint density at radius 1 is 1.20 bits per heavy atom. The van der Waals surface area contributed by atoms with Gasteiger partial charge in [-0.15, -0.1) is 0 Å². The van der Waals surface area contributed by atoms with Gasteiger partial charge < -0.3 is 5.73 Å². The summed E-state index contributed by atoms with van der Waals surface area (Å²) in [5, 5.41) is 4.53. The number of nitrogens with two attached hydrogens (primary N) is 1. The Morgan fingerprint density at radius 3 is 2.45 bits per heavy atom. The van der Waals surface area contributed by atoms with E-state index in [2.05, 4.69) is 18.9 Å². The molecule has 0 spiro atoms. The molecule has 2 aromatic rings. The predicted octanol–water partition coefficient (Wildman–Crippen LogP) is 3.13. The minimum atomic E-state index is -1.08. The van der Waals surface area contributed by atoms with Crippen LogP contribution in [0, 0.1) is 0 Å². The second kappa shape index (κ2) is 6.70. The smallest absolute Gasteiger partial charge is 0.0753 e. The number of hydrogen-bond acceptors (Lipinski definition) is 3. The Morgan fingerprint density at radius 2 is 1.85 bits per heavy atom. The van der Waals surface area contributed by atoms with Crippen LogP contribution >= 0.6 is 0 Å². The van der Waals surface area contributed by atoms with E-state index < -0.39 is 10.8 Å². The van der Waals surface area contributed by atoms with E-state index in [1.165, 1.54) is 0 Å². The molecule has 0 aliphatic rings. The molecule has 2 N–H and O–H groups in total. The van der Waals surface area contributed by atoms with E-state index in [1.54, 1.807) is 12.1 Å². The lowest BCUT2D eigenvalue weighted by molar-refractivity contribution is 0.426. The van der Waals surface area contributed by atoms with Gasteiger partial charge in [0.25, 0.3) is 0 Å². The molecule has 5 heteroatoms. The van der Waals surface area contributed by atoms with Gasteiger partial charge >= 0.3 is 0 Å². The van der Waals surface area contributed by atoms with E-state index in [0.717, 1.165) is 23.4 Å². The Balaban J connectivity index is 2.06. The van der Waals surface area contributed by atoms with E-state index in [1.807, 2.05) is 29.1 Å². The Kier molecular flexibility index (Phi) is 4.95. The molecule has 0 fully saturated rings. The lowest BCUT2D eigenvalue weighted by atomic mass is 10.2. The van der Waals surface area contributed by atoms with Crippen molar-refractivity contribution >= 4 is 16.5 Å². The number of benzene rings is 1. The van der Waals surface area contributed by atoms with Gasteiger partial charge in [0.05, 0.1) is 28.3 Å². The lowest BCUT2D eigenvalue weighted by Crippen LogP contribution is -2.08. The summed E-state index contributed by atoms with van der Waals surface area (Å²) in [5.74, 6) is 0.442. The molecule has 0 saturated carbocycles. The Hall–Kier alpha value is -1.62. The van der Waals surface area contributed by atoms with Crippen LogP contribution in [0.25, 0.3) is 0 Å². The fraction of sp³-hybridized carbons (Fsp3) is 0.400. The number of hydrogen-bond donors (Lipinski definition) is 1. The van der Waals surface area contributed by atoms with Gasteiger partial charge in [-0.05, 0) is 43.2 Å². The van der Waals surface area contributed by atoms with E-state index in [4.69, 9.17) is 5.73 Å². The highest BCUT2D eigenvalue weighted by Crippen LogP contribution is 2.17. The molecular formula is C15H21N3OS. The summed E-state index contributed by atoms with van der Waals surface area (Å²) in [7, 11) is -1.08. The summed E-state index contributed by atoms with van der Waals surface area (Å²) in [6.07, 6.45) is 4.09. The van der Waals surface area contributed by atoms with Crippen molar-refractivity contribution in [2.75, 3.05) is 5.73 Å². The van der Waals surface area contributed by atoms with Crippen LogP contribution in [0.15, 0.2) is 41.4 Å². The first-order valence-corrected chi connectivity index (χ1v) is 8.23. The van der Waals surface area contributed by atoms with Crippen molar-refractivity contribution in [3.8, 4) is 0 Å². The molecule has 1 aromatic heterocycles. The molecule has 0 radical (unpaired) electrons. The van der Waals surface area contributed by atoms with Crippen LogP contribution in [0.2, 0.25) is 0 Å². The molecule has 0 saturated heterocycles. The highest BCUT2D eigenvalue weighted by atomic mass is 32.2. The summed E-state index contributed by atoms with van der Waals surface area (Å²) in [4.78, 5) is 0.788. The van der Waals surface area contributed by atoms with Crippen LogP contribution < -0.4 is 5.73 Å². The van der Waals surface area contributed by atoms with Gasteiger partial charge in [-0.25, -0.2) is 0 Å². The van der Waals surface area contributed by atoms with Crippen molar-refractivity contribution in [3.05, 3.63) is 42.2 Å². The standard InChI is InChI=1S/C15H21N3OS/c1-3-14(4-2)18-10-9-13(17-18)11-20(19)15-7-5-12(16)6-8-15/h5-10,14H,3-4,11,16H2,1-2H3. The fourth-order valence-electron chi connectivity index (χ4n) is 2.16. The maximum absolute atomic E-state index is 12.3. The summed E-state index contributed by atoms with van der Waals surface area (Å²) in [5.41, 5.74) is 7.18. The molecule has 4 nitrogen and oxygen atoms in total. The maximum Gasteiger partial charge on any atom is 0.0753 e. The third-order valence-corrected chi connectivity index (χ3v) is 4.76. The van der Waals surface area contributed by atoms with E-state index in [0.29, 0.717) is 17.5 Å². The Bertz CT molecular complexity index is 573. The molecule has 0 aliphatic heterocycles. The molecule has 0 bridgehead atoms. The average Bonchev–Trinajstić information content (AvgIpc) is 2.89. The lowest BCUT2D eigenvalue weighted by Gasteiger charge is -2.12. The Labute approximate surface area is 122 Å². The van der Waals surface area contributed by atoms with Crippen molar-refractivity contribution in [3.63, 3.8) is 0 Å². The first kappa shape index (κ1) is 14.8.